The Morgan fingerprint density at radius 2 is 2.25 bits per heavy atom. The Morgan fingerprint density at radius 3 is 2.62 bits per heavy atom. The molecule has 0 fully saturated rings. The fourth-order valence-corrected chi connectivity index (χ4v) is 0.927. The summed E-state index contributed by atoms with van der Waals surface area (Å²) < 4.78 is 0. The maximum atomic E-state index is 4.18. The fraction of sp³-hybridized carbons (Fsp3) is 0.333. The molecular weight excluding hydrogens is 136 g/mol. The van der Waals surface area contributed by atoms with Gasteiger partial charge in [0, 0.05) is 5.25 Å². The minimum Gasteiger partial charge on any atom is -0.171 e. The van der Waals surface area contributed by atoms with Crippen LogP contribution in [0.5, 0.6) is 0 Å². The molecule has 0 aromatic carbocycles. The predicted molar refractivity (Wildman–Crippen MR) is 45.7 cm³/mol. The Kier molecular flexibility index (Phi) is 5.44. The molecule has 0 saturated heterocycles. The van der Waals surface area contributed by atoms with Gasteiger partial charge in [0.05, 0.1) is 0 Å². The molecule has 0 aromatic heterocycles. The molecule has 0 aliphatic carbocycles. The van der Waals surface area contributed by atoms with E-state index < -0.39 is 0 Å². The molecule has 0 saturated carbocycles. The van der Waals surface area contributed by atoms with Crippen LogP contribution in [-0.2, 0) is 0 Å². The number of thiol groups is 2. The summed E-state index contributed by atoms with van der Waals surface area (Å²) in [5.41, 5.74) is 0. The summed E-state index contributed by atoms with van der Waals surface area (Å²) in [6, 6.07) is 0. The fourth-order valence-electron chi connectivity index (χ4n) is 0.349. The van der Waals surface area contributed by atoms with Crippen molar-refractivity contribution in [3.8, 4) is 0 Å². The third-order valence-corrected chi connectivity index (χ3v) is 1.27. The van der Waals surface area contributed by atoms with Gasteiger partial charge in [0.1, 0.15) is 0 Å². The molecule has 1 unspecified atom stereocenters. The second-order valence-electron chi connectivity index (χ2n) is 1.43. The van der Waals surface area contributed by atoms with E-state index in [0.717, 1.165) is 6.42 Å². The van der Waals surface area contributed by atoms with Gasteiger partial charge in [-0.2, -0.15) is 25.3 Å². The van der Waals surface area contributed by atoms with Gasteiger partial charge in [-0.15, -0.1) is 6.58 Å². The number of allylic oxidation sites excluding steroid dienone is 1. The van der Waals surface area contributed by atoms with Crippen LogP contribution in [0.2, 0.25) is 0 Å². The van der Waals surface area contributed by atoms with E-state index in [1.54, 1.807) is 5.41 Å². The van der Waals surface area contributed by atoms with Crippen molar-refractivity contribution in [3.05, 3.63) is 24.1 Å². The zero-order valence-corrected chi connectivity index (χ0v) is 6.41. The Hall–Kier alpha value is 0.180. The molecule has 46 valence electrons. The Balaban J connectivity index is 3.31. The number of hydrogen-bond acceptors (Lipinski definition) is 2. The van der Waals surface area contributed by atoms with Crippen molar-refractivity contribution in [3.63, 3.8) is 0 Å². The third-order valence-electron chi connectivity index (χ3n) is 0.716. The SMILES string of the molecule is C=CCC(S)C=CS. The van der Waals surface area contributed by atoms with Gasteiger partial charge in [0.25, 0.3) is 0 Å². The maximum Gasteiger partial charge on any atom is 0.0239 e. The van der Waals surface area contributed by atoms with Crippen LogP contribution in [0.3, 0.4) is 0 Å². The quantitative estimate of drug-likeness (QED) is 0.443. The maximum absolute atomic E-state index is 4.18. The van der Waals surface area contributed by atoms with Crippen LogP contribution in [0.15, 0.2) is 24.1 Å². The van der Waals surface area contributed by atoms with E-state index in [-0.39, 0.29) is 5.25 Å². The summed E-state index contributed by atoms with van der Waals surface area (Å²) in [5, 5.41) is 1.98. The van der Waals surface area contributed by atoms with E-state index in [9.17, 15) is 0 Å². The van der Waals surface area contributed by atoms with Crippen LogP contribution in [0.4, 0.5) is 0 Å². The molecule has 0 rings (SSSR count). The van der Waals surface area contributed by atoms with Gasteiger partial charge in [-0.25, -0.2) is 0 Å². The molecule has 0 heterocycles. The lowest BCUT2D eigenvalue weighted by Crippen LogP contribution is -1.87. The third kappa shape index (κ3) is 4.34. The molecule has 0 aliphatic heterocycles. The number of hydrogen-bond donors (Lipinski definition) is 2. The van der Waals surface area contributed by atoms with E-state index in [4.69, 9.17) is 0 Å². The van der Waals surface area contributed by atoms with Crippen molar-refractivity contribution in [2.45, 2.75) is 11.7 Å². The summed E-state index contributed by atoms with van der Waals surface area (Å²) in [6.45, 7) is 3.58. The minimum atomic E-state index is 0.282. The highest BCUT2D eigenvalue weighted by Gasteiger charge is 1.89. The summed E-state index contributed by atoms with van der Waals surface area (Å²) in [7, 11) is 0. The van der Waals surface area contributed by atoms with E-state index in [0.29, 0.717) is 0 Å². The second kappa shape index (κ2) is 5.32. The smallest absolute Gasteiger partial charge is 0.0239 e. The molecule has 0 nitrogen and oxygen atoms in total. The first-order chi connectivity index (χ1) is 3.81. The molecule has 0 radical (unpaired) electrons. The van der Waals surface area contributed by atoms with Crippen molar-refractivity contribution >= 4 is 25.3 Å². The summed E-state index contributed by atoms with van der Waals surface area (Å²) in [5.74, 6) is 0. The lowest BCUT2D eigenvalue weighted by molar-refractivity contribution is 1.09. The first-order valence-electron chi connectivity index (χ1n) is 2.41. The van der Waals surface area contributed by atoms with Gasteiger partial charge < -0.3 is 0 Å². The van der Waals surface area contributed by atoms with Crippen LogP contribution in [-0.4, -0.2) is 5.25 Å². The zero-order chi connectivity index (χ0) is 6.41. The predicted octanol–water partition coefficient (Wildman–Crippen LogP) is 2.30. The van der Waals surface area contributed by atoms with Gasteiger partial charge in [-0.05, 0) is 11.8 Å². The Bertz CT molecular complexity index is 86.5. The van der Waals surface area contributed by atoms with Crippen molar-refractivity contribution in [2.24, 2.45) is 0 Å². The van der Waals surface area contributed by atoms with E-state index in [1.807, 2.05) is 12.2 Å². The van der Waals surface area contributed by atoms with Crippen LogP contribution in [0, 0.1) is 0 Å². The van der Waals surface area contributed by atoms with E-state index >= 15 is 0 Å². The molecular formula is C6H10S2. The summed E-state index contributed by atoms with van der Waals surface area (Å²) in [4.78, 5) is 0. The van der Waals surface area contributed by atoms with E-state index in [1.165, 1.54) is 0 Å². The van der Waals surface area contributed by atoms with Gasteiger partial charge >= 0.3 is 0 Å². The lowest BCUT2D eigenvalue weighted by Gasteiger charge is -1.95. The monoisotopic (exact) mass is 146 g/mol. The van der Waals surface area contributed by atoms with Crippen LogP contribution in [0.25, 0.3) is 0 Å². The Labute approximate surface area is 61.5 Å². The second-order valence-corrected chi connectivity index (χ2v) is 2.39. The van der Waals surface area contributed by atoms with Crippen LogP contribution < -0.4 is 0 Å². The van der Waals surface area contributed by atoms with Gasteiger partial charge in [0.15, 0.2) is 0 Å². The summed E-state index contributed by atoms with van der Waals surface area (Å²) in [6.07, 6.45) is 4.65. The van der Waals surface area contributed by atoms with Crippen LogP contribution >= 0.6 is 25.3 Å². The molecule has 0 aliphatic rings. The highest BCUT2D eigenvalue weighted by Crippen LogP contribution is 2.03. The van der Waals surface area contributed by atoms with E-state index in [2.05, 4.69) is 31.8 Å². The summed E-state index contributed by atoms with van der Waals surface area (Å²) >= 11 is 8.07. The molecule has 0 bridgehead atoms. The Morgan fingerprint density at radius 1 is 1.62 bits per heavy atom. The van der Waals surface area contributed by atoms with Crippen molar-refractivity contribution in [1.82, 2.24) is 0 Å². The van der Waals surface area contributed by atoms with Crippen molar-refractivity contribution in [1.29, 1.82) is 0 Å². The normalized spacial score (nSPS) is 14.2. The first kappa shape index (κ1) is 8.18. The largest absolute Gasteiger partial charge is 0.171 e. The number of rotatable bonds is 3. The average Bonchev–Trinajstić information content (AvgIpc) is 1.68. The molecule has 0 aromatic rings. The van der Waals surface area contributed by atoms with Gasteiger partial charge in [0.2, 0.25) is 0 Å². The van der Waals surface area contributed by atoms with Crippen LogP contribution in [0.1, 0.15) is 6.42 Å². The minimum absolute atomic E-state index is 0.282. The van der Waals surface area contributed by atoms with Gasteiger partial charge in [-0.1, -0.05) is 12.2 Å². The molecule has 0 amide bonds. The van der Waals surface area contributed by atoms with Crippen molar-refractivity contribution < 1.29 is 0 Å². The molecule has 0 spiro atoms. The molecule has 0 N–H and O–H groups in total. The molecule has 8 heavy (non-hydrogen) atoms. The standard InChI is InChI=1S/C6H10S2/c1-2-3-6(8)4-5-7/h2,4-8H,1,3H2. The first-order valence-corrected chi connectivity index (χ1v) is 3.44. The average molecular weight is 146 g/mol. The highest BCUT2D eigenvalue weighted by atomic mass is 32.1. The van der Waals surface area contributed by atoms with Gasteiger partial charge in [-0.3, -0.25) is 0 Å². The highest BCUT2D eigenvalue weighted by molar-refractivity contribution is 7.83. The topological polar surface area (TPSA) is 0 Å². The van der Waals surface area contributed by atoms with Crippen molar-refractivity contribution in [2.75, 3.05) is 0 Å². The molecule has 2 heteroatoms. The molecule has 1 atom stereocenters. The lowest BCUT2D eigenvalue weighted by atomic mass is 10.3. The zero-order valence-electron chi connectivity index (χ0n) is 4.62.